The highest BCUT2D eigenvalue weighted by molar-refractivity contribution is 6.80. The summed E-state index contributed by atoms with van der Waals surface area (Å²) in [4.78, 5) is 0. The minimum absolute atomic E-state index is 0.129. The molecule has 0 fully saturated rings. The lowest BCUT2D eigenvalue weighted by molar-refractivity contribution is 0.415. The van der Waals surface area contributed by atoms with Crippen LogP contribution < -0.4 is 4.74 Å². The van der Waals surface area contributed by atoms with Crippen molar-refractivity contribution in [1.82, 2.24) is 0 Å². The highest BCUT2D eigenvalue weighted by Crippen LogP contribution is 2.39. The van der Waals surface area contributed by atoms with Gasteiger partial charge in [0.2, 0.25) is 0 Å². The van der Waals surface area contributed by atoms with Gasteiger partial charge in [-0.1, -0.05) is 44.0 Å². The molecule has 0 radical (unpaired) electrons. The van der Waals surface area contributed by atoms with Crippen molar-refractivity contribution in [1.29, 1.82) is 0 Å². The van der Waals surface area contributed by atoms with Crippen LogP contribution in [-0.4, -0.2) is 25.4 Å². The Kier molecular flexibility index (Phi) is 5.57. The molecule has 1 aromatic carbocycles. The van der Waals surface area contributed by atoms with Crippen LogP contribution in [0.5, 0.6) is 5.75 Å². The molecule has 1 rings (SSSR count). The summed E-state index contributed by atoms with van der Waals surface area (Å²) >= 11 is 12.8. The molecule has 2 nitrogen and oxygen atoms in total. The Morgan fingerprint density at radius 1 is 1.05 bits per heavy atom. The molecule has 0 heterocycles. The Morgan fingerprint density at radius 3 is 1.86 bits per heavy atom. The average Bonchev–Trinajstić information content (AvgIpc) is 2.33. The van der Waals surface area contributed by atoms with Crippen molar-refractivity contribution < 1.29 is 4.74 Å². The van der Waals surface area contributed by atoms with Crippen molar-refractivity contribution in [3.05, 3.63) is 29.8 Å². The number of hydrogen-bond acceptors (Lipinski definition) is 2. The van der Waals surface area contributed by atoms with E-state index in [9.17, 15) is 0 Å². The quantitative estimate of drug-likeness (QED) is 0.390. The molecule has 0 spiro atoms. The van der Waals surface area contributed by atoms with Gasteiger partial charge in [0.25, 0.3) is 0 Å². The lowest BCUT2D eigenvalue weighted by atomic mass is 10.1. The molecule has 5 heteroatoms. The molecule has 0 aliphatic carbocycles. The SMILES string of the molecule is COc1ccc(/C(=N\[Si](C)(C)C(C)(C)C)C(C)(Cl)Cl)cc1. The summed E-state index contributed by atoms with van der Waals surface area (Å²) in [6.45, 7) is 12.9. The van der Waals surface area contributed by atoms with Gasteiger partial charge in [-0.2, -0.15) is 0 Å². The zero-order valence-corrected chi connectivity index (χ0v) is 16.4. The number of alkyl halides is 2. The maximum absolute atomic E-state index is 6.39. The Hall–Kier alpha value is -0.513. The van der Waals surface area contributed by atoms with E-state index < -0.39 is 12.6 Å². The van der Waals surface area contributed by atoms with Crippen LogP contribution in [0.1, 0.15) is 33.3 Å². The maximum atomic E-state index is 6.39. The molecule has 21 heavy (non-hydrogen) atoms. The molecule has 0 bridgehead atoms. The van der Waals surface area contributed by atoms with Crippen molar-refractivity contribution in [2.45, 2.75) is 50.2 Å². The summed E-state index contributed by atoms with van der Waals surface area (Å²) in [5, 5.41) is 0.129. The van der Waals surface area contributed by atoms with Gasteiger partial charge >= 0.3 is 0 Å². The second kappa shape index (κ2) is 6.31. The molecule has 0 aliphatic heterocycles. The van der Waals surface area contributed by atoms with Crippen LogP contribution in [0.2, 0.25) is 18.1 Å². The van der Waals surface area contributed by atoms with Crippen molar-refractivity contribution in [3.63, 3.8) is 0 Å². The van der Waals surface area contributed by atoms with Crippen molar-refractivity contribution >= 4 is 37.1 Å². The summed E-state index contributed by atoms with van der Waals surface area (Å²) in [5.74, 6) is 0.802. The van der Waals surface area contributed by atoms with Crippen LogP contribution in [0, 0.1) is 0 Å². The monoisotopic (exact) mass is 345 g/mol. The third-order valence-corrected chi connectivity index (χ3v) is 8.82. The standard InChI is InChI=1S/C16H25Cl2NOSi/c1-15(2,3)21(6,7)19-14(16(4,17)18)12-8-10-13(20-5)11-9-12/h8-11H,1-7H3/b19-14+. The van der Waals surface area contributed by atoms with Crippen molar-refractivity contribution in [3.8, 4) is 5.75 Å². The molecule has 0 N–H and O–H groups in total. The molecule has 0 aliphatic rings. The summed E-state index contributed by atoms with van der Waals surface area (Å²) in [7, 11) is -0.249. The molecular weight excluding hydrogens is 321 g/mol. The molecule has 0 unspecified atom stereocenters. The van der Waals surface area contributed by atoms with E-state index in [4.69, 9.17) is 32.6 Å². The van der Waals surface area contributed by atoms with Crippen LogP contribution in [0.15, 0.2) is 28.9 Å². The molecule has 0 amide bonds. The number of ether oxygens (including phenoxy) is 1. The van der Waals surface area contributed by atoms with Crippen LogP contribution in [0.3, 0.4) is 0 Å². The number of halogens is 2. The second-order valence-electron chi connectivity index (χ2n) is 6.89. The number of benzene rings is 1. The molecule has 0 saturated carbocycles. The van der Waals surface area contributed by atoms with Gasteiger partial charge in [-0.05, 0) is 54.9 Å². The number of methoxy groups -OCH3 is 1. The fourth-order valence-corrected chi connectivity index (χ4v) is 3.30. The van der Waals surface area contributed by atoms with E-state index in [-0.39, 0.29) is 5.04 Å². The van der Waals surface area contributed by atoms with E-state index in [0.717, 1.165) is 17.0 Å². The van der Waals surface area contributed by atoms with Crippen LogP contribution in [0.4, 0.5) is 0 Å². The molecule has 118 valence electrons. The smallest absolute Gasteiger partial charge is 0.181 e. The lowest BCUT2D eigenvalue weighted by Gasteiger charge is -2.34. The highest BCUT2D eigenvalue weighted by Gasteiger charge is 2.38. The lowest BCUT2D eigenvalue weighted by Crippen LogP contribution is -2.39. The van der Waals surface area contributed by atoms with Gasteiger partial charge in [0, 0.05) is 0 Å². The summed E-state index contributed by atoms with van der Waals surface area (Å²) in [5.41, 5.74) is 1.67. The van der Waals surface area contributed by atoms with Crippen molar-refractivity contribution in [2.24, 2.45) is 4.66 Å². The molecule has 0 atom stereocenters. The molecule has 1 aromatic rings. The third-order valence-electron chi connectivity index (χ3n) is 4.01. The topological polar surface area (TPSA) is 21.6 Å². The molecular formula is C16H25Cl2NOSi. The van der Waals surface area contributed by atoms with E-state index >= 15 is 0 Å². The van der Waals surface area contributed by atoms with Crippen LogP contribution >= 0.6 is 23.2 Å². The zero-order chi connectivity index (χ0) is 16.5. The van der Waals surface area contributed by atoms with E-state index in [1.165, 1.54) is 0 Å². The zero-order valence-electron chi connectivity index (χ0n) is 13.9. The highest BCUT2D eigenvalue weighted by atomic mass is 35.5. The third kappa shape index (κ3) is 4.73. The van der Waals surface area contributed by atoms with Gasteiger partial charge in [0.15, 0.2) is 12.6 Å². The Labute approximate surface area is 139 Å². The molecule has 0 aromatic heterocycles. The maximum Gasteiger partial charge on any atom is 0.181 e. The minimum atomic E-state index is -1.89. The van der Waals surface area contributed by atoms with E-state index in [2.05, 4.69) is 33.9 Å². The largest absolute Gasteiger partial charge is 0.497 e. The Morgan fingerprint density at radius 2 is 1.52 bits per heavy atom. The fourth-order valence-electron chi connectivity index (χ4n) is 1.61. The number of nitrogens with zero attached hydrogens (tertiary/aromatic N) is 1. The summed E-state index contributed by atoms with van der Waals surface area (Å²) in [6, 6.07) is 7.70. The number of hydrogen-bond donors (Lipinski definition) is 0. The van der Waals surface area contributed by atoms with Crippen LogP contribution in [-0.2, 0) is 0 Å². The van der Waals surface area contributed by atoms with Gasteiger partial charge in [-0.15, -0.1) is 0 Å². The molecule has 0 saturated heterocycles. The van der Waals surface area contributed by atoms with E-state index in [1.54, 1.807) is 14.0 Å². The summed E-state index contributed by atoms with van der Waals surface area (Å²) in [6.07, 6.45) is 0. The van der Waals surface area contributed by atoms with E-state index in [1.807, 2.05) is 24.3 Å². The average molecular weight is 346 g/mol. The Balaban J connectivity index is 3.36. The van der Waals surface area contributed by atoms with Gasteiger partial charge in [0.05, 0.1) is 12.8 Å². The first-order chi connectivity index (χ1) is 9.38. The second-order valence-corrected chi connectivity index (χ2v) is 13.4. The summed E-state index contributed by atoms with van der Waals surface area (Å²) < 4.78 is 9.20. The van der Waals surface area contributed by atoms with Crippen LogP contribution in [0.25, 0.3) is 0 Å². The Bertz CT molecular complexity index is 511. The number of rotatable bonds is 4. The van der Waals surface area contributed by atoms with Gasteiger partial charge in [-0.25, -0.2) is 0 Å². The predicted octanol–water partition coefficient (Wildman–Crippen LogP) is 5.68. The van der Waals surface area contributed by atoms with Gasteiger partial charge < -0.3 is 9.39 Å². The predicted molar refractivity (Wildman–Crippen MR) is 96.8 cm³/mol. The normalized spacial score (nSPS) is 14.2. The fraction of sp³-hybridized carbons (Fsp3) is 0.562. The first kappa shape index (κ1) is 18.5. The first-order valence-electron chi connectivity index (χ1n) is 7.01. The van der Waals surface area contributed by atoms with E-state index in [0.29, 0.717) is 0 Å². The van der Waals surface area contributed by atoms with Gasteiger partial charge in [0.1, 0.15) is 5.75 Å². The minimum Gasteiger partial charge on any atom is -0.497 e. The van der Waals surface area contributed by atoms with Gasteiger partial charge in [-0.3, -0.25) is 0 Å². The van der Waals surface area contributed by atoms with Crippen molar-refractivity contribution in [2.75, 3.05) is 7.11 Å². The first-order valence-corrected chi connectivity index (χ1v) is 10.7.